The molecule has 0 spiro atoms. The maximum Gasteiger partial charge on any atom is 0.300 e. The smallest absolute Gasteiger partial charge is 0.300 e. The number of anilines is 1. The van der Waals surface area contributed by atoms with E-state index in [1.807, 2.05) is 24.3 Å². The van der Waals surface area contributed by atoms with Crippen molar-refractivity contribution in [2.75, 3.05) is 4.90 Å². The molecular formula is C25H23N3O3. The zero-order valence-corrected chi connectivity index (χ0v) is 17.6. The number of amides is 1. The Morgan fingerprint density at radius 1 is 0.935 bits per heavy atom. The van der Waals surface area contributed by atoms with Gasteiger partial charge in [-0.1, -0.05) is 39.0 Å². The van der Waals surface area contributed by atoms with E-state index in [4.69, 9.17) is 0 Å². The standard InChI is InChI=1S/C25H23N3O3/c1-25(2,3)18-6-8-19(9-7-18)28-21(17-5-4-12-27-15-17)20(23(30)24(28)31)22(29)16-10-13-26-14-11-16/h4-15,21,29H,1-3H3/b22-20+. The Hall–Kier alpha value is -3.80. The monoisotopic (exact) mass is 413 g/mol. The van der Waals surface area contributed by atoms with Crippen molar-refractivity contribution < 1.29 is 14.7 Å². The summed E-state index contributed by atoms with van der Waals surface area (Å²) in [6.07, 6.45) is 6.27. The van der Waals surface area contributed by atoms with Gasteiger partial charge < -0.3 is 5.11 Å². The van der Waals surface area contributed by atoms with Crippen LogP contribution in [-0.4, -0.2) is 26.8 Å². The van der Waals surface area contributed by atoms with Crippen LogP contribution in [0.15, 0.2) is 78.9 Å². The largest absolute Gasteiger partial charge is 0.507 e. The summed E-state index contributed by atoms with van der Waals surface area (Å²) in [5.74, 6) is -1.65. The van der Waals surface area contributed by atoms with Crippen molar-refractivity contribution in [3.05, 3.63) is 95.6 Å². The Balaban J connectivity index is 1.89. The summed E-state index contributed by atoms with van der Waals surface area (Å²) < 4.78 is 0. The van der Waals surface area contributed by atoms with Gasteiger partial charge in [-0.3, -0.25) is 24.5 Å². The molecule has 0 radical (unpaired) electrons. The number of nitrogens with zero attached hydrogens (tertiary/aromatic N) is 3. The number of aliphatic hydroxyl groups is 1. The van der Waals surface area contributed by atoms with Gasteiger partial charge in [-0.25, -0.2) is 0 Å². The van der Waals surface area contributed by atoms with Crippen LogP contribution in [0.5, 0.6) is 0 Å². The van der Waals surface area contributed by atoms with Crippen molar-refractivity contribution in [1.29, 1.82) is 0 Å². The van der Waals surface area contributed by atoms with Crippen molar-refractivity contribution in [3.8, 4) is 0 Å². The summed E-state index contributed by atoms with van der Waals surface area (Å²) in [6, 6.07) is 13.5. The molecule has 0 aliphatic carbocycles. The number of carbonyl (C=O) groups is 2. The first-order chi connectivity index (χ1) is 14.8. The van der Waals surface area contributed by atoms with Gasteiger partial charge in [0.25, 0.3) is 11.7 Å². The lowest BCUT2D eigenvalue weighted by Gasteiger charge is -2.26. The summed E-state index contributed by atoms with van der Waals surface area (Å²) >= 11 is 0. The molecule has 1 N–H and O–H groups in total. The minimum Gasteiger partial charge on any atom is -0.507 e. The van der Waals surface area contributed by atoms with Gasteiger partial charge >= 0.3 is 0 Å². The maximum absolute atomic E-state index is 13.1. The van der Waals surface area contributed by atoms with Gasteiger partial charge in [0.15, 0.2) is 0 Å². The average molecular weight is 413 g/mol. The number of ketones is 1. The molecule has 1 atom stereocenters. The lowest BCUT2D eigenvalue weighted by molar-refractivity contribution is -0.132. The van der Waals surface area contributed by atoms with Gasteiger partial charge in [0.1, 0.15) is 5.76 Å². The van der Waals surface area contributed by atoms with Crippen molar-refractivity contribution in [3.63, 3.8) is 0 Å². The van der Waals surface area contributed by atoms with Crippen LogP contribution in [-0.2, 0) is 15.0 Å². The number of benzene rings is 1. The van der Waals surface area contributed by atoms with Crippen LogP contribution < -0.4 is 4.90 Å². The highest BCUT2D eigenvalue weighted by Gasteiger charge is 2.47. The van der Waals surface area contributed by atoms with E-state index in [1.54, 1.807) is 36.7 Å². The summed E-state index contributed by atoms with van der Waals surface area (Å²) in [6.45, 7) is 6.33. The van der Waals surface area contributed by atoms with Crippen LogP contribution >= 0.6 is 0 Å². The zero-order valence-electron chi connectivity index (χ0n) is 17.6. The van der Waals surface area contributed by atoms with Crippen LogP contribution in [0, 0.1) is 0 Å². The first-order valence-electron chi connectivity index (χ1n) is 10.0. The maximum atomic E-state index is 13.1. The Kier molecular flexibility index (Phi) is 5.15. The van der Waals surface area contributed by atoms with E-state index in [9.17, 15) is 14.7 Å². The second kappa shape index (κ2) is 7.80. The summed E-state index contributed by atoms with van der Waals surface area (Å²) in [5.41, 5.74) is 2.74. The fourth-order valence-corrected chi connectivity index (χ4v) is 3.74. The number of rotatable bonds is 3. The predicted molar refractivity (Wildman–Crippen MR) is 118 cm³/mol. The fraction of sp³-hybridized carbons (Fsp3) is 0.200. The van der Waals surface area contributed by atoms with Crippen molar-refractivity contribution in [1.82, 2.24) is 9.97 Å². The summed E-state index contributed by atoms with van der Waals surface area (Å²) in [7, 11) is 0. The number of hydrogen-bond donors (Lipinski definition) is 1. The second-order valence-electron chi connectivity index (χ2n) is 8.49. The van der Waals surface area contributed by atoms with E-state index in [2.05, 4.69) is 30.7 Å². The molecule has 1 amide bonds. The number of aliphatic hydroxyl groups excluding tert-OH is 1. The molecule has 0 saturated carbocycles. The first kappa shape index (κ1) is 20.5. The van der Waals surface area contributed by atoms with Crippen LogP contribution in [0.2, 0.25) is 0 Å². The number of aromatic nitrogens is 2. The Bertz CT molecular complexity index is 1150. The Labute approximate surface area is 180 Å². The van der Waals surface area contributed by atoms with Crippen molar-refractivity contribution in [2.24, 2.45) is 0 Å². The molecule has 6 nitrogen and oxygen atoms in total. The normalized spacial score (nSPS) is 18.4. The third-order valence-corrected chi connectivity index (χ3v) is 5.41. The molecule has 1 fully saturated rings. The summed E-state index contributed by atoms with van der Waals surface area (Å²) in [4.78, 5) is 35.7. The third-order valence-electron chi connectivity index (χ3n) is 5.41. The van der Waals surface area contributed by atoms with Crippen molar-refractivity contribution in [2.45, 2.75) is 32.2 Å². The molecule has 156 valence electrons. The highest BCUT2D eigenvalue weighted by molar-refractivity contribution is 6.51. The highest BCUT2D eigenvalue weighted by Crippen LogP contribution is 2.42. The molecule has 1 unspecified atom stereocenters. The van der Waals surface area contributed by atoms with E-state index in [0.29, 0.717) is 16.8 Å². The van der Waals surface area contributed by atoms with Gasteiger partial charge in [-0.05, 0) is 46.9 Å². The molecule has 1 saturated heterocycles. The number of hydrogen-bond acceptors (Lipinski definition) is 5. The second-order valence-corrected chi connectivity index (χ2v) is 8.49. The first-order valence-corrected chi connectivity index (χ1v) is 10.0. The van der Waals surface area contributed by atoms with E-state index in [1.165, 1.54) is 17.3 Å². The van der Waals surface area contributed by atoms with E-state index >= 15 is 0 Å². The minimum absolute atomic E-state index is 0.0316. The van der Waals surface area contributed by atoms with Crippen LogP contribution in [0.25, 0.3) is 5.76 Å². The molecule has 31 heavy (non-hydrogen) atoms. The highest BCUT2D eigenvalue weighted by atomic mass is 16.3. The number of carbonyl (C=O) groups excluding carboxylic acids is 2. The molecule has 6 heteroatoms. The molecule has 3 heterocycles. The van der Waals surface area contributed by atoms with Gasteiger partial charge in [0.05, 0.1) is 11.6 Å². The topological polar surface area (TPSA) is 83.4 Å². The zero-order chi connectivity index (χ0) is 22.2. The average Bonchev–Trinajstić information content (AvgIpc) is 3.04. The van der Waals surface area contributed by atoms with E-state index in [-0.39, 0.29) is 16.7 Å². The van der Waals surface area contributed by atoms with E-state index < -0.39 is 17.7 Å². The molecule has 4 rings (SSSR count). The number of Topliss-reactive ketones (excluding diaryl/α,β-unsaturated/α-hetero) is 1. The molecule has 0 bridgehead atoms. The third kappa shape index (κ3) is 3.72. The van der Waals surface area contributed by atoms with Crippen LogP contribution in [0.4, 0.5) is 5.69 Å². The van der Waals surface area contributed by atoms with Gasteiger partial charge in [-0.2, -0.15) is 0 Å². The lowest BCUT2D eigenvalue weighted by Crippen LogP contribution is -2.29. The van der Waals surface area contributed by atoms with Crippen LogP contribution in [0.1, 0.15) is 43.5 Å². The Morgan fingerprint density at radius 2 is 1.61 bits per heavy atom. The number of pyridine rings is 2. The predicted octanol–water partition coefficient (Wildman–Crippen LogP) is 4.40. The minimum atomic E-state index is -0.789. The van der Waals surface area contributed by atoms with Crippen LogP contribution in [0.3, 0.4) is 0 Å². The molecule has 3 aromatic rings. The van der Waals surface area contributed by atoms with Crippen molar-refractivity contribution >= 4 is 23.1 Å². The molecule has 1 aromatic carbocycles. The van der Waals surface area contributed by atoms with Gasteiger partial charge in [-0.15, -0.1) is 0 Å². The molecule has 2 aromatic heterocycles. The fourth-order valence-electron chi connectivity index (χ4n) is 3.74. The lowest BCUT2D eigenvalue weighted by atomic mass is 9.87. The quantitative estimate of drug-likeness (QED) is 0.391. The molecular weight excluding hydrogens is 390 g/mol. The van der Waals surface area contributed by atoms with Gasteiger partial charge in [0.2, 0.25) is 0 Å². The molecule has 1 aliphatic heterocycles. The molecule has 1 aliphatic rings. The summed E-state index contributed by atoms with van der Waals surface area (Å²) in [5, 5.41) is 11.0. The SMILES string of the molecule is CC(C)(C)c1ccc(N2C(=O)C(=O)/C(=C(/O)c3ccncc3)C2c2cccnc2)cc1. The van der Waals surface area contributed by atoms with E-state index in [0.717, 1.165) is 5.56 Å². The van der Waals surface area contributed by atoms with Gasteiger partial charge in [0, 0.05) is 36.0 Å². The Morgan fingerprint density at radius 3 is 2.19 bits per heavy atom.